The molecule has 0 aliphatic carbocycles. The number of fused-ring (bicyclic) bond motifs is 2. The van der Waals surface area contributed by atoms with Crippen molar-refractivity contribution in [3.63, 3.8) is 0 Å². The van der Waals surface area contributed by atoms with E-state index in [0.717, 1.165) is 34.9 Å². The minimum atomic E-state index is -4.02. The third-order valence-electron chi connectivity index (χ3n) is 7.66. The van der Waals surface area contributed by atoms with Crippen molar-refractivity contribution in [2.45, 2.75) is 24.4 Å². The fourth-order valence-electron chi connectivity index (χ4n) is 4.98. The molecule has 0 saturated carbocycles. The van der Waals surface area contributed by atoms with Crippen molar-refractivity contribution in [2.24, 2.45) is 10.2 Å². The largest absolute Gasteiger partial charge is 0.341 e. The van der Waals surface area contributed by atoms with Gasteiger partial charge in [-0.25, -0.2) is 51.7 Å². The third-order valence-corrected chi connectivity index (χ3v) is 13.7. The van der Waals surface area contributed by atoms with Crippen molar-refractivity contribution in [1.82, 2.24) is 44.9 Å². The number of anilines is 3. The molecular weight excluding hydrogens is 833 g/mol. The zero-order chi connectivity index (χ0) is 39.4. The number of azo groups is 1. The second-order valence-corrected chi connectivity index (χ2v) is 18.2. The number of thiazole rings is 1. The van der Waals surface area contributed by atoms with Gasteiger partial charge in [0.05, 0.1) is 33.8 Å². The molecule has 0 saturated heterocycles. The molecule has 0 aliphatic rings. The third kappa shape index (κ3) is 8.73. The van der Waals surface area contributed by atoms with Gasteiger partial charge in [0, 0.05) is 23.0 Å². The Balaban J connectivity index is 0.910. The molecule has 0 fully saturated rings. The number of aromatic nitrogens is 9. The Bertz CT molecular complexity index is 2870. The second kappa shape index (κ2) is 16.0. The monoisotopic (exact) mass is 856 g/mol. The summed E-state index contributed by atoms with van der Waals surface area (Å²) in [7, 11) is -7.82. The number of hydrogen-bond donors (Lipinski definition) is 5. The number of sulfonamides is 2. The van der Waals surface area contributed by atoms with Crippen LogP contribution in [-0.4, -0.2) is 72.2 Å². The average molecular weight is 857 g/mol. The summed E-state index contributed by atoms with van der Waals surface area (Å²) in [5, 5.41) is 14.0. The lowest BCUT2D eigenvalue weighted by Gasteiger charge is -2.16. The standard InChI is InChI=1S/C33H24N14O5S5/c48-29(32(54-30-25-27(37-15-35-25)39-17-41-30)55-31-26-28(38-16-36-26)40-18-42-31)43-19-5-9-23(10-6-19)56(49,50)46-22-3-1-20(2-4-22)44-45-21-7-11-24(12-8-21)57(51,52)47-33-34-13-14-53-33/h1-18,32,46H,(H,34,47)(H,43,48)(H,35,37,39,41)(H,36,38,40,42). The smallest absolute Gasteiger partial charge is 0.263 e. The Labute approximate surface area is 334 Å². The lowest BCUT2D eigenvalue weighted by molar-refractivity contribution is -0.114. The first kappa shape index (κ1) is 37.6. The Hall–Kier alpha value is -6.34. The van der Waals surface area contributed by atoms with Gasteiger partial charge in [-0.2, -0.15) is 10.2 Å². The predicted octanol–water partition coefficient (Wildman–Crippen LogP) is 6.34. The van der Waals surface area contributed by atoms with Gasteiger partial charge in [0.1, 0.15) is 38.3 Å². The maximum atomic E-state index is 13.8. The minimum Gasteiger partial charge on any atom is -0.341 e. The van der Waals surface area contributed by atoms with Gasteiger partial charge >= 0.3 is 0 Å². The van der Waals surface area contributed by atoms with Gasteiger partial charge in [-0.3, -0.25) is 14.2 Å². The van der Waals surface area contributed by atoms with Crippen LogP contribution >= 0.6 is 34.9 Å². The summed E-state index contributed by atoms with van der Waals surface area (Å²) >= 11 is 3.49. The molecule has 3 aromatic carbocycles. The molecule has 5 heterocycles. The second-order valence-electron chi connectivity index (χ2n) is 11.4. The molecule has 24 heteroatoms. The quantitative estimate of drug-likeness (QED) is 0.0346. The lowest BCUT2D eigenvalue weighted by atomic mass is 10.3. The molecule has 8 rings (SSSR count). The number of amides is 1. The molecule has 0 aliphatic heterocycles. The van der Waals surface area contributed by atoms with Crippen LogP contribution < -0.4 is 14.8 Å². The molecule has 0 radical (unpaired) electrons. The number of hydrogen-bond acceptors (Lipinski definition) is 17. The van der Waals surface area contributed by atoms with E-state index in [-0.39, 0.29) is 20.6 Å². The summed E-state index contributed by atoms with van der Waals surface area (Å²) in [6.45, 7) is 0. The minimum absolute atomic E-state index is 0.0390. The molecule has 286 valence electrons. The van der Waals surface area contributed by atoms with Crippen LogP contribution in [0.15, 0.2) is 140 Å². The molecule has 0 unspecified atom stereocenters. The maximum Gasteiger partial charge on any atom is 0.263 e. The van der Waals surface area contributed by atoms with Crippen LogP contribution in [0, 0.1) is 0 Å². The highest BCUT2D eigenvalue weighted by molar-refractivity contribution is 8.18. The summed E-state index contributed by atoms with van der Waals surface area (Å²) < 4.78 is 55.8. The number of carbonyl (C=O) groups excluding carboxylic acids is 1. The van der Waals surface area contributed by atoms with E-state index in [1.165, 1.54) is 92.2 Å². The van der Waals surface area contributed by atoms with Crippen LogP contribution in [0.5, 0.6) is 0 Å². The summed E-state index contributed by atoms with van der Waals surface area (Å²) in [6, 6.07) is 17.7. The topological polar surface area (TPSA) is 268 Å². The zero-order valence-electron chi connectivity index (χ0n) is 28.6. The van der Waals surface area contributed by atoms with Crippen LogP contribution in [0.4, 0.5) is 27.9 Å². The number of carbonyl (C=O) groups is 1. The molecular formula is C33H24N14O5S5. The fraction of sp³-hybridized carbons (Fsp3) is 0.0303. The summed E-state index contributed by atoms with van der Waals surface area (Å²) in [6.07, 6.45) is 7.20. The van der Waals surface area contributed by atoms with Crippen LogP contribution in [-0.2, 0) is 24.8 Å². The van der Waals surface area contributed by atoms with Gasteiger partial charge in [-0.05, 0) is 72.8 Å². The Morgan fingerprint density at radius 1 is 0.632 bits per heavy atom. The number of rotatable bonds is 14. The van der Waals surface area contributed by atoms with Crippen molar-refractivity contribution in [2.75, 3.05) is 14.8 Å². The first-order valence-electron chi connectivity index (χ1n) is 16.2. The van der Waals surface area contributed by atoms with E-state index >= 15 is 0 Å². The van der Waals surface area contributed by atoms with Gasteiger partial charge in [0.15, 0.2) is 16.4 Å². The molecule has 5 aromatic heterocycles. The normalized spacial score (nSPS) is 12.1. The number of imidazole rings is 2. The number of nitrogens with zero attached hydrogens (tertiary/aromatic N) is 9. The summed E-state index contributed by atoms with van der Waals surface area (Å²) in [5.41, 5.74) is 3.48. The van der Waals surface area contributed by atoms with Crippen molar-refractivity contribution < 1.29 is 21.6 Å². The van der Waals surface area contributed by atoms with Gasteiger partial charge in [0.2, 0.25) is 5.91 Å². The van der Waals surface area contributed by atoms with E-state index in [2.05, 4.69) is 69.8 Å². The van der Waals surface area contributed by atoms with Crippen molar-refractivity contribution >= 4 is 111 Å². The lowest BCUT2D eigenvalue weighted by Crippen LogP contribution is -2.23. The predicted molar refractivity (Wildman–Crippen MR) is 215 cm³/mol. The first-order valence-corrected chi connectivity index (χ1v) is 21.8. The van der Waals surface area contributed by atoms with E-state index in [4.69, 9.17) is 0 Å². The van der Waals surface area contributed by atoms with Gasteiger partial charge in [0.25, 0.3) is 20.0 Å². The van der Waals surface area contributed by atoms with Crippen molar-refractivity contribution in [3.05, 3.63) is 110 Å². The highest BCUT2D eigenvalue weighted by Crippen LogP contribution is 2.38. The Kier molecular flexibility index (Phi) is 10.6. The van der Waals surface area contributed by atoms with Crippen LogP contribution in [0.1, 0.15) is 0 Å². The fourth-order valence-corrected chi connectivity index (χ4v) is 10.1. The van der Waals surface area contributed by atoms with E-state index in [1.807, 2.05) is 0 Å². The van der Waals surface area contributed by atoms with Crippen LogP contribution in [0.3, 0.4) is 0 Å². The van der Waals surface area contributed by atoms with Gasteiger partial charge in [-0.1, -0.05) is 23.5 Å². The van der Waals surface area contributed by atoms with E-state index in [0.29, 0.717) is 49.4 Å². The van der Waals surface area contributed by atoms with E-state index in [9.17, 15) is 21.6 Å². The van der Waals surface area contributed by atoms with Gasteiger partial charge < -0.3 is 15.3 Å². The number of H-pyrrole nitrogens is 2. The molecule has 0 atom stereocenters. The van der Waals surface area contributed by atoms with Crippen LogP contribution in [0.25, 0.3) is 22.3 Å². The highest BCUT2D eigenvalue weighted by atomic mass is 32.2. The summed E-state index contributed by atoms with van der Waals surface area (Å²) in [4.78, 5) is 49.0. The number of nitrogens with one attached hydrogen (secondary N) is 5. The Morgan fingerprint density at radius 3 is 1.68 bits per heavy atom. The number of thioether (sulfide) groups is 2. The van der Waals surface area contributed by atoms with E-state index in [1.54, 1.807) is 17.5 Å². The Morgan fingerprint density at radius 2 is 1.14 bits per heavy atom. The van der Waals surface area contributed by atoms with Gasteiger partial charge in [-0.15, -0.1) is 11.3 Å². The maximum absolute atomic E-state index is 13.8. The molecule has 57 heavy (non-hydrogen) atoms. The number of aromatic amines is 2. The highest BCUT2D eigenvalue weighted by Gasteiger charge is 2.26. The molecule has 8 aromatic rings. The molecule has 1 amide bonds. The molecule has 5 N–H and O–H groups in total. The SMILES string of the molecule is O=C(Nc1ccc(S(=O)(=O)Nc2ccc(N=Nc3ccc(S(=O)(=O)Nc4nccs4)cc3)cc2)cc1)C(Sc1ncnc2nc[nH]c12)Sc1ncnc2nc[nH]c12. The van der Waals surface area contributed by atoms with Crippen LogP contribution in [0.2, 0.25) is 0 Å². The zero-order valence-corrected chi connectivity index (χ0v) is 32.7. The molecule has 0 bridgehead atoms. The molecule has 19 nitrogen and oxygen atoms in total. The first-order chi connectivity index (χ1) is 27.6. The average Bonchev–Trinajstić information content (AvgIpc) is 4.01. The van der Waals surface area contributed by atoms with Crippen molar-refractivity contribution in [1.29, 1.82) is 0 Å². The molecule has 0 spiro atoms. The van der Waals surface area contributed by atoms with Crippen molar-refractivity contribution in [3.8, 4) is 0 Å². The summed E-state index contributed by atoms with van der Waals surface area (Å²) in [5.74, 6) is -0.418. The number of benzene rings is 3. The van der Waals surface area contributed by atoms with E-state index < -0.39 is 30.5 Å².